The second-order valence-electron chi connectivity index (χ2n) is 18.5. The first-order chi connectivity index (χ1) is 32.3. The number of ether oxygens (including phenoxy) is 2. The van der Waals surface area contributed by atoms with Crippen molar-refractivity contribution in [3.63, 3.8) is 0 Å². The molecule has 8 rings (SSSR count). The van der Waals surface area contributed by atoms with Crippen LogP contribution in [0.25, 0.3) is 10.8 Å². The number of Topliss-reactive ketones (excluding diaryl/α,β-unsaturated/α-hetero) is 1. The molecule has 0 amide bonds. The summed E-state index contributed by atoms with van der Waals surface area (Å²) in [5.74, 6) is 0.613. The van der Waals surface area contributed by atoms with Gasteiger partial charge >= 0.3 is 0 Å². The summed E-state index contributed by atoms with van der Waals surface area (Å²) in [6, 6.07) is 26.9. The molecule has 11 nitrogen and oxygen atoms in total. The maximum Gasteiger partial charge on any atom is 0.167 e. The van der Waals surface area contributed by atoms with E-state index in [1.54, 1.807) is 72.3 Å². The van der Waals surface area contributed by atoms with Crippen LogP contribution in [0, 0.1) is 5.92 Å². The highest BCUT2D eigenvalue weighted by atomic mass is 33.1. The van der Waals surface area contributed by atoms with Gasteiger partial charge < -0.3 is 45.3 Å². The van der Waals surface area contributed by atoms with Gasteiger partial charge in [-0.05, 0) is 127 Å². The van der Waals surface area contributed by atoms with Crippen LogP contribution in [0.15, 0.2) is 97.3 Å². The molecule has 1 aromatic heterocycles. The lowest BCUT2D eigenvalue weighted by Crippen LogP contribution is -2.41. The van der Waals surface area contributed by atoms with Crippen LogP contribution >= 0.6 is 21.6 Å². The molecule has 354 valence electrons. The molecule has 13 heteroatoms. The van der Waals surface area contributed by atoms with Crippen LogP contribution < -0.4 is 25.1 Å². The Morgan fingerprint density at radius 2 is 1.79 bits per heavy atom. The monoisotopic (exact) mass is 944 g/mol. The number of phenolic OH excluding ortho intramolecular Hbond substituents is 3. The van der Waals surface area contributed by atoms with E-state index >= 15 is 4.79 Å². The number of methoxy groups -OCH3 is 1. The summed E-state index contributed by atoms with van der Waals surface area (Å²) in [5, 5.41) is 66.0. The lowest BCUT2D eigenvalue weighted by Gasteiger charge is -2.35. The Kier molecular flexibility index (Phi) is 15.2. The number of aromatic nitrogens is 1. The number of hydrogen-bond donors (Lipinski definition) is 7. The zero-order chi connectivity index (χ0) is 47.3. The van der Waals surface area contributed by atoms with Gasteiger partial charge in [-0.1, -0.05) is 94.7 Å². The van der Waals surface area contributed by atoms with Gasteiger partial charge in [-0.15, -0.1) is 0 Å². The second-order valence-corrected chi connectivity index (χ2v) is 21.1. The van der Waals surface area contributed by atoms with Gasteiger partial charge in [0.2, 0.25) is 0 Å². The molecule has 0 bridgehead atoms. The quantitative estimate of drug-likeness (QED) is 0.0488. The van der Waals surface area contributed by atoms with Gasteiger partial charge in [0.25, 0.3) is 0 Å². The summed E-state index contributed by atoms with van der Waals surface area (Å²) in [7, 11) is 6.54. The van der Waals surface area contributed by atoms with E-state index in [1.165, 1.54) is 5.56 Å². The van der Waals surface area contributed by atoms with E-state index in [0.29, 0.717) is 68.0 Å². The fraction of sp³-hybridized carbons (Fsp3) is 0.389. The first kappa shape index (κ1) is 48.3. The van der Waals surface area contributed by atoms with Gasteiger partial charge in [0.1, 0.15) is 18.3 Å². The van der Waals surface area contributed by atoms with E-state index in [4.69, 9.17) is 9.47 Å². The molecule has 1 aliphatic carbocycles. The number of nitrogens with zero attached hydrogens (tertiary/aromatic N) is 1. The number of aryl methyl sites for hydroxylation is 1. The number of carbonyl (C=O) groups excluding carboxylic acids is 1. The van der Waals surface area contributed by atoms with Crippen molar-refractivity contribution in [1.29, 1.82) is 0 Å². The number of benzene rings is 5. The predicted octanol–water partition coefficient (Wildman–Crippen LogP) is 8.60. The molecule has 0 saturated carbocycles. The van der Waals surface area contributed by atoms with Crippen LogP contribution in [0.4, 0.5) is 0 Å². The number of aliphatic hydroxyl groups is 2. The van der Waals surface area contributed by atoms with Crippen molar-refractivity contribution >= 4 is 38.1 Å². The third kappa shape index (κ3) is 10.6. The molecule has 0 radical (unpaired) electrons. The zero-order valence-corrected chi connectivity index (χ0v) is 40.3. The molecule has 2 aliphatic rings. The van der Waals surface area contributed by atoms with Crippen molar-refractivity contribution in [3.8, 4) is 28.7 Å². The van der Waals surface area contributed by atoms with Crippen molar-refractivity contribution in [2.45, 2.75) is 94.1 Å². The third-order valence-corrected chi connectivity index (χ3v) is 16.7. The van der Waals surface area contributed by atoms with E-state index in [9.17, 15) is 25.5 Å². The molecule has 0 unspecified atom stereocenters. The van der Waals surface area contributed by atoms with Crippen LogP contribution in [-0.4, -0.2) is 76.2 Å². The Labute approximate surface area is 401 Å². The Balaban J connectivity index is 1.20. The molecule has 2 heterocycles. The number of aromatic hydroxyl groups is 3. The Hall–Kier alpha value is -5.15. The smallest absolute Gasteiger partial charge is 0.167 e. The van der Waals surface area contributed by atoms with E-state index in [0.717, 1.165) is 56.1 Å². The topological polar surface area (TPSA) is 175 Å². The number of nitrogens with one attached hydrogen (secondary N) is 2. The minimum absolute atomic E-state index is 0.00786. The maximum absolute atomic E-state index is 15.8. The normalized spacial score (nSPS) is 20.8. The highest BCUT2D eigenvalue weighted by Gasteiger charge is 2.46. The molecule has 5 aromatic carbocycles. The molecule has 0 saturated heterocycles. The first-order valence-corrected chi connectivity index (χ1v) is 25.5. The number of aliphatic hydroxyl groups excluding tert-OH is 1. The van der Waals surface area contributed by atoms with Gasteiger partial charge in [-0.25, -0.2) is 0 Å². The van der Waals surface area contributed by atoms with E-state index in [1.807, 2.05) is 43.4 Å². The van der Waals surface area contributed by atoms with Gasteiger partial charge in [-0.3, -0.25) is 10.1 Å². The summed E-state index contributed by atoms with van der Waals surface area (Å²) in [6.45, 7) is 4.76. The molecule has 5 atom stereocenters. The molecule has 0 spiro atoms. The SMILES string of the molecule is CCc1ccc2ccccc2c1Cc1c(C[C@H](Cc2cc[n-]c2)[C@H](O)CC(=O)[C@@]2(c3cc(O)cc(CNC)c3)CC[C@H]3SSC[C@](C)(O)CNCOc4c(O)ccc(c43)C2)ccc(O)c1OC. The van der Waals surface area contributed by atoms with E-state index in [2.05, 4.69) is 46.8 Å². The molecule has 0 fully saturated rings. The zero-order valence-electron chi connectivity index (χ0n) is 38.7. The lowest BCUT2D eigenvalue weighted by atomic mass is 9.68. The Bertz CT molecular complexity index is 2690. The summed E-state index contributed by atoms with van der Waals surface area (Å²) < 4.78 is 12.2. The van der Waals surface area contributed by atoms with Gasteiger partial charge in [-0.2, -0.15) is 12.4 Å². The minimum atomic E-state index is -1.20. The number of ketones is 1. The summed E-state index contributed by atoms with van der Waals surface area (Å²) in [6.07, 6.45) is 5.47. The molecular weight excluding hydrogens is 883 g/mol. The fourth-order valence-electron chi connectivity index (χ4n) is 10.2. The average molecular weight is 945 g/mol. The van der Waals surface area contributed by atoms with Crippen LogP contribution in [0.2, 0.25) is 0 Å². The fourth-order valence-corrected chi connectivity index (χ4v) is 13.4. The standard InChI is InChI=1S/C54H62N3O8S2/c1-5-35-10-11-36-8-6-7-9-42(36)43(35)25-44-37(12-14-45(59)51(44)64-4)23-39(20-33-17-19-56-29-33)47(61)26-49(62)54(40-21-34(28-55-3)22-41(58)24-40)18-16-48-50-38(27-54)13-15-46(60)52(50)65-32-57-30-53(2,63)31-66-67-48/h6-15,17,19,21-22,24,29,39,47-48,55,57-61,63H,5,16,18,20,23,25-28,30-32H2,1-4H3/q-1/t39-,47+,48+,53+,54-/m0/s1. The molecule has 1 aliphatic heterocycles. The minimum Gasteiger partial charge on any atom is -0.670 e. The highest BCUT2D eigenvalue weighted by molar-refractivity contribution is 8.76. The van der Waals surface area contributed by atoms with Crippen LogP contribution in [0.1, 0.15) is 88.4 Å². The first-order valence-electron chi connectivity index (χ1n) is 23.1. The number of fused-ring (bicyclic) bond motifs is 1. The van der Waals surface area contributed by atoms with E-state index in [-0.39, 0.29) is 47.9 Å². The van der Waals surface area contributed by atoms with Crippen LogP contribution in [0.5, 0.6) is 28.7 Å². The van der Waals surface area contributed by atoms with Crippen molar-refractivity contribution in [2.24, 2.45) is 5.92 Å². The number of rotatable bonds is 15. The predicted molar refractivity (Wildman–Crippen MR) is 268 cm³/mol. The van der Waals surface area contributed by atoms with Gasteiger partial charge in [0, 0.05) is 48.1 Å². The van der Waals surface area contributed by atoms with Crippen LogP contribution in [0.3, 0.4) is 0 Å². The molecule has 7 N–H and O–H groups in total. The number of β-amino-alcohol motifs (C(OH)–C–C–N with tert-alkyl or cyclic N) is 1. The summed E-state index contributed by atoms with van der Waals surface area (Å²) in [4.78, 5) is 20.1. The number of hydrogen-bond acceptors (Lipinski definition) is 12. The van der Waals surface area contributed by atoms with E-state index < -0.39 is 23.0 Å². The molecule has 67 heavy (non-hydrogen) atoms. The summed E-state index contributed by atoms with van der Waals surface area (Å²) in [5.41, 5.74) is 5.89. The average Bonchev–Trinajstić information content (AvgIpc) is 3.75. The molecule has 6 aromatic rings. The van der Waals surface area contributed by atoms with Crippen LogP contribution in [-0.2, 0) is 48.9 Å². The summed E-state index contributed by atoms with van der Waals surface area (Å²) >= 11 is 0. The van der Waals surface area contributed by atoms with Crippen molar-refractivity contribution < 1.29 is 39.8 Å². The second kappa shape index (κ2) is 21.0. The van der Waals surface area contributed by atoms with Gasteiger partial charge in [0.05, 0.1) is 24.2 Å². The van der Waals surface area contributed by atoms with Crippen molar-refractivity contribution in [2.75, 3.05) is 33.2 Å². The van der Waals surface area contributed by atoms with Crippen molar-refractivity contribution in [3.05, 3.63) is 147 Å². The Morgan fingerprint density at radius 1 is 0.985 bits per heavy atom. The maximum atomic E-state index is 15.8. The van der Waals surface area contributed by atoms with Crippen molar-refractivity contribution in [1.82, 2.24) is 15.6 Å². The largest absolute Gasteiger partial charge is 0.670 e. The van der Waals surface area contributed by atoms with Gasteiger partial charge in [0.15, 0.2) is 23.0 Å². The lowest BCUT2D eigenvalue weighted by molar-refractivity contribution is -0.127. The third-order valence-electron chi connectivity index (χ3n) is 13.7. The highest BCUT2D eigenvalue weighted by Crippen LogP contribution is 2.55. The number of carbonyl (C=O) groups is 1. The Morgan fingerprint density at radius 3 is 2.57 bits per heavy atom. The molecular formula is C54H62N3O8S2-. The number of phenols is 3.